The minimum absolute atomic E-state index is 0.396. The molecule has 104 valence electrons. The van der Waals surface area contributed by atoms with Gasteiger partial charge in [-0.15, -0.1) is 0 Å². The van der Waals surface area contributed by atoms with Gasteiger partial charge in [0.25, 0.3) is 0 Å². The number of rotatable bonds is 4. The maximum atomic E-state index is 11.7. The molecule has 1 aromatic heterocycles. The number of methoxy groups -OCH3 is 1. The molecule has 2 aromatic rings. The second kappa shape index (κ2) is 6.01. The topological polar surface area (TPSA) is 90.1 Å². The Labute approximate surface area is 117 Å². The van der Waals surface area contributed by atoms with Gasteiger partial charge in [-0.3, -0.25) is 9.97 Å². The van der Waals surface area contributed by atoms with E-state index >= 15 is 0 Å². The lowest BCUT2D eigenvalue weighted by molar-refractivity contribution is 0.0602. The number of aryl methyl sites for hydroxylation is 1. The van der Waals surface area contributed by atoms with Gasteiger partial charge in [-0.25, -0.2) is 4.79 Å². The van der Waals surface area contributed by atoms with Crippen molar-refractivity contribution in [1.82, 2.24) is 9.97 Å². The van der Waals surface area contributed by atoms with Crippen molar-refractivity contribution in [2.45, 2.75) is 13.5 Å². The highest BCUT2D eigenvalue weighted by Gasteiger charge is 2.12. The van der Waals surface area contributed by atoms with E-state index in [1.807, 2.05) is 6.92 Å². The molecule has 1 heterocycles. The third-order valence-electron chi connectivity index (χ3n) is 2.74. The second-order valence-electron chi connectivity index (χ2n) is 4.30. The molecule has 20 heavy (non-hydrogen) atoms. The Bertz CT molecular complexity index is 611. The highest BCUT2D eigenvalue weighted by atomic mass is 16.5. The van der Waals surface area contributed by atoms with E-state index in [0.29, 0.717) is 23.5 Å². The Morgan fingerprint density at radius 1 is 1.35 bits per heavy atom. The summed E-state index contributed by atoms with van der Waals surface area (Å²) in [6.45, 7) is 2.33. The molecule has 1 aromatic carbocycles. The number of esters is 1. The molecule has 6 nitrogen and oxygen atoms in total. The van der Waals surface area contributed by atoms with E-state index in [-0.39, 0.29) is 0 Å². The molecule has 0 amide bonds. The molecule has 0 saturated carbocycles. The van der Waals surface area contributed by atoms with Crippen molar-refractivity contribution in [2.75, 3.05) is 18.2 Å². The first-order chi connectivity index (χ1) is 9.60. The maximum Gasteiger partial charge on any atom is 0.340 e. The van der Waals surface area contributed by atoms with Gasteiger partial charge in [0, 0.05) is 17.6 Å². The number of ether oxygens (including phenoxy) is 1. The molecule has 0 radical (unpaired) electrons. The molecule has 0 aliphatic heterocycles. The first-order valence-corrected chi connectivity index (χ1v) is 6.09. The first-order valence-electron chi connectivity index (χ1n) is 6.09. The lowest BCUT2D eigenvalue weighted by Crippen LogP contribution is -2.10. The summed E-state index contributed by atoms with van der Waals surface area (Å²) in [5.74, 6) is -0.435. The van der Waals surface area contributed by atoms with Crippen LogP contribution < -0.4 is 11.1 Å². The van der Waals surface area contributed by atoms with Crippen molar-refractivity contribution in [2.24, 2.45) is 0 Å². The number of carbonyl (C=O) groups excluding carboxylic acids is 1. The van der Waals surface area contributed by atoms with Crippen LogP contribution in [0.5, 0.6) is 0 Å². The van der Waals surface area contributed by atoms with Crippen molar-refractivity contribution in [3.05, 3.63) is 47.5 Å². The summed E-state index contributed by atoms with van der Waals surface area (Å²) in [7, 11) is 1.33. The summed E-state index contributed by atoms with van der Waals surface area (Å²) in [5, 5.41) is 3.13. The number of nitrogen functional groups attached to an aromatic ring is 1. The van der Waals surface area contributed by atoms with E-state index in [1.54, 1.807) is 30.6 Å². The largest absolute Gasteiger partial charge is 0.465 e. The molecular weight excluding hydrogens is 256 g/mol. The monoisotopic (exact) mass is 272 g/mol. The summed E-state index contributed by atoms with van der Waals surface area (Å²) in [4.78, 5) is 20.1. The van der Waals surface area contributed by atoms with Gasteiger partial charge in [-0.2, -0.15) is 0 Å². The molecule has 0 spiro atoms. The van der Waals surface area contributed by atoms with Crippen LogP contribution in [0.15, 0.2) is 30.6 Å². The third kappa shape index (κ3) is 3.23. The number of hydrogen-bond donors (Lipinski definition) is 2. The van der Waals surface area contributed by atoms with Crippen LogP contribution in [0, 0.1) is 6.92 Å². The Kier molecular flexibility index (Phi) is 4.14. The molecule has 0 fully saturated rings. The van der Waals surface area contributed by atoms with E-state index in [1.165, 1.54) is 7.11 Å². The number of benzene rings is 1. The number of hydrogen-bond acceptors (Lipinski definition) is 6. The maximum absolute atomic E-state index is 11.7. The summed E-state index contributed by atoms with van der Waals surface area (Å²) >= 11 is 0. The van der Waals surface area contributed by atoms with Crippen molar-refractivity contribution in [3.8, 4) is 0 Å². The van der Waals surface area contributed by atoms with Gasteiger partial charge in [-0.1, -0.05) is 0 Å². The van der Waals surface area contributed by atoms with Crippen LogP contribution >= 0.6 is 0 Å². The minimum Gasteiger partial charge on any atom is -0.465 e. The summed E-state index contributed by atoms with van der Waals surface area (Å²) in [6.07, 6.45) is 3.39. The number of aromatic nitrogens is 2. The van der Waals surface area contributed by atoms with Crippen LogP contribution in [0.1, 0.15) is 21.7 Å². The average molecular weight is 272 g/mol. The summed E-state index contributed by atoms with van der Waals surface area (Å²) < 4.78 is 4.74. The fraction of sp³-hybridized carbons (Fsp3) is 0.214. The standard InChI is InChI=1S/C14H16N4O2/c1-9-6-17-11(7-16-9)8-18-13-4-3-10(15)5-12(13)14(19)20-2/h3-7,18H,8,15H2,1-2H3. The lowest BCUT2D eigenvalue weighted by Gasteiger charge is -2.11. The van der Waals surface area contributed by atoms with Crippen LogP contribution in [0.3, 0.4) is 0 Å². The van der Waals surface area contributed by atoms with Crippen molar-refractivity contribution < 1.29 is 9.53 Å². The van der Waals surface area contributed by atoms with E-state index in [4.69, 9.17) is 10.5 Å². The highest BCUT2D eigenvalue weighted by Crippen LogP contribution is 2.20. The van der Waals surface area contributed by atoms with Gasteiger partial charge in [-0.05, 0) is 25.1 Å². The predicted octanol–water partition coefficient (Wildman–Crippen LogP) is 1.77. The molecule has 0 saturated heterocycles. The van der Waals surface area contributed by atoms with Gasteiger partial charge in [0.05, 0.1) is 36.8 Å². The van der Waals surface area contributed by atoms with Crippen LogP contribution in [0.25, 0.3) is 0 Å². The molecule has 0 atom stereocenters. The van der Waals surface area contributed by atoms with E-state index < -0.39 is 5.97 Å². The molecule has 6 heteroatoms. The van der Waals surface area contributed by atoms with E-state index in [9.17, 15) is 4.79 Å². The van der Waals surface area contributed by atoms with Crippen LogP contribution in [0.2, 0.25) is 0 Å². The Balaban J connectivity index is 2.16. The molecule has 3 N–H and O–H groups in total. The summed E-state index contributed by atoms with van der Waals surface area (Å²) in [6, 6.07) is 5.04. The number of nitrogens with zero attached hydrogens (tertiary/aromatic N) is 2. The second-order valence-corrected chi connectivity index (χ2v) is 4.30. The number of nitrogens with one attached hydrogen (secondary N) is 1. The zero-order valence-corrected chi connectivity index (χ0v) is 11.4. The van der Waals surface area contributed by atoms with Crippen LogP contribution in [0.4, 0.5) is 11.4 Å². The number of carbonyl (C=O) groups is 1. The molecule has 0 unspecified atom stereocenters. The van der Waals surface area contributed by atoms with Gasteiger partial charge < -0.3 is 15.8 Å². The zero-order valence-electron chi connectivity index (χ0n) is 11.4. The fourth-order valence-electron chi connectivity index (χ4n) is 1.69. The van der Waals surface area contributed by atoms with E-state index in [0.717, 1.165) is 11.4 Å². The van der Waals surface area contributed by atoms with Gasteiger partial charge in [0.15, 0.2) is 0 Å². The van der Waals surface area contributed by atoms with Crippen LogP contribution in [-0.4, -0.2) is 23.0 Å². The molecular formula is C14H16N4O2. The SMILES string of the molecule is COC(=O)c1cc(N)ccc1NCc1cnc(C)cn1. The Morgan fingerprint density at radius 3 is 2.80 bits per heavy atom. The number of anilines is 2. The van der Waals surface area contributed by atoms with Gasteiger partial charge in [0.2, 0.25) is 0 Å². The third-order valence-corrected chi connectivity index (χ3v) is 2.74. The molecule has 0 bridgehead atoms. The van der Waals surface area contributed by atoms with Gasteiger partial charge >= 0.3 is 5.97 Å². The average Bonchev–Trinajstić information content (AvgIpc) is 2.46. The Morgan fingerprint density at radius 2 is 2.15 bits per heavy atom. The Hall–Kier alpha value is -2.63. The van der Waals surface area contributed by atoms with Gasteiger partial charge in [0.1, 0.15) is 0 Å². The van der Waals surface area contributed by atoms with Crippen molar-refractivity contribution in [1.29, 1.82) is 0 Å². The van der Waals surface area contributed by atoms with Crippen molar-refractivity contribution in [3.63, 3.8) is 0 Å². The normalized spacial score (nSPS) is 10.1. The number of nitrogens with two attached hydrogens (primary N) is 1. The highest BCUT2D eigenvalue weighted by molar-refractivity contribution is 5.96. The fourth-order valence-corrected chi connectivity index (χ4v) is 1.69. The van der Waals surface area contributed by atoms with Crippen LogP contribution in [-0.2, 0) is 11.3 Å². The lowest BCUT2D eigenvalue weighted by atomic mass is 10.1. The predicted molar refractivity (Wildman–Crippen MR) is 76.3 cm³/mol. The minimum atomic E-state index is -0.435. The summed E-state index contributed by atoms with van der Waals surface area (Å²) in [5.41, 5.74) is 8.87. The molecule has 2 rings (SSSR count). The molecule has 0 aliphatic carbocycles. The molecule has 0 aliphatic rings. The van der Waals surface area contributed by atoms with E-state index in [2.05, 4.69) is 15.3 Å². The smallest absolute Gasteiger partial charge is 0.340 e. The quantitative estimate of drug-likeness (QED) is 0.651. The first kappa shape index (κ1) is 13.8. The van der Waals surface area contributed by atoms with Crippen molar-refractivity contribution >= 4 is 17.3 Å². The zero-order chi connectivity index (χ0) is 14.5.